The fraction of sp³-hybridized carbons (Fsp3) is 0.222. The molecule has 0 saturated heterocycles. The average molecular weight is 243 g/mol. The molecule has 0 saturated carbocycles. The van der Waals surface area contributed by atoms with Crippen LogP contribution in [0.15, 0.2) is 29.2 Å². The molecule has 0 heterocycles. The number of sulfonamides is 1. The predicted molar refractivity (Wildman–Crippen MR) is 58.3 cm³/mol. The Kier molecular flexibility index (Phi) is 3.97. The van der Waals surface area contributed by atoms with Crippen molar-refractivity contribution in [3.05, 3.63) is 41.3 Å². The summed E-state index contributed by atoms with van der Waals surface area (Å²) in [7, 11) is -3.58. The molecule has 0 aliphatic rings. The Hall–Kier alpha value is -1.47. The standard InChI is InChI=1S/C9H11N2O4S/c1-2-7-10-16(14,15)9-5-3-8(4-6-9)11(12)13/h3-6,10H,1-2,7H2. The number of nitro groups is 1. The Bertz CT molecular complexity index is 467. The number of rotatable bonds is 5. The minimum atomic E-state index is -3.58. The smallest absolute Gasteiger partial charge is 0.258 e. The number of hydrogen-bond donors (Lipinski definition) is 1. The van der Waals surface area contributed by atoms with Gasteiger partial charge in [0, 0.05) is 18.7 Å². The molecule has 0 fully saturated rings. The summed E-state index contributed by atoms with van der Waals surface area (Å²) < 4.78 is 25.4. The minimum Gasteiger partial charge on any atom is -0.258 e. The lowest BCUT2D eigenvalue weighted by atomic mass is 10.3. The third kappa shape index (κ3) is 3.01. The van der Waals surface area contributed by atoms with Crippen LogP contribution in [0.5, 0.6) is 0 Å². The van der Waals surface area contributed by atoms with Gasteiger partial charge < -0.3 is 0 Å². The number of non-ortho nitro benzene ring substituents is 1. The number of nitrogens with zero attached hydrogens (tertiary/aromatic N) is 1. The molecule has 0 spiro atoms. The maximum Gasteiger partial charge on any atom is 0.269 e. The highest BCUT2D eigenvalue weighted by molar-refractivity contribution is 7.89. The van der Waals surface area contributed by atoms with Crippen molar-refractivity contribution >= 4 is 15.7 Å². The molecule has 1 aromatic carbocycles. The van der Waals surface area contributed by atoms with Crippen molar-refractivity contribution in [2.75, 3.05) is 6.54 Å². The highest BCUT2D eigenvalue weighted by Gasteiger charge is 2.14. The van der Waals surface area contributed by atoms with Crippen LogP contribution in [-0.2, 0) is 10.0 Å². The summed E-state index contributed by atoms with van der Waals surface area (Å²) in [6.07, 6.45) is 0.437. The number of nitrogens with one attached hydrogen (secondary N) is 1. The van der Waals surface area contributed by atoms with Gasteiger partial charge in [-0.2, -0.15) is 0 Å². The predicted octanol–water partition coefficient (Wildman–Crippen LogP) is 1.10. The quantitative estimate of drug-likeness (QED) is 0.619. The molecule has 16 heavy (non-hydrogen) atoms. The topological polar surface area (TPSA) is 89.3 Å². The molecule has 87 valence electrons. The van der Waals surface area contributed by atoms with Crippen molar-refractivity contribution in [2.24, 2.45) is 0 Å². The summed E-state index contributed by atoms with van der Waals surface area (Å²) in [5.41, 5.74) is -0.142. The molecule has 0 atom stereocenters. The molecule has 1 aromatic rings. The van der Waals surface area contributed by atoms with Gasteiger partial charge >= 0.3 is 0 Å². The van der Waals surface area contributed by atoms with Gasteiger partial charge in [-0.1, -0.05) is 6.92 Å². The number of hydrogen-bond acceptors (Lipinski definition) is 4. The Labute approximate surface area is 93.5 Å². The normalized spacial score (nSPS) is 11.3. The zero-order valence-electron chi connectivity index (χ0n) is 8.42. The lowest BCUT2D eigenvalue weighted by Gasteiger charge is -2.04. The van der Waals surface area contributed by atoms with E-state index in [9.17, 15) is 18.5 Å². The van der Waals surface area contributed by atoms with Gasteiger partial charge in [0.25, 0.3) is 5.69 Å². The molecule has 1 rings (SSSR count). The third-order valence-corrected chi connectivity index (χ3v) is 3.30. The maximum absolute atomic E-state index is 11.6. The zero-order chi connectivity index (χ0) is 12.2. The van der Waals surface area contributed by atoms with E-state index in [1.807, 2.05) is 0 Å². The van der Waals surface area contributed by atoms with Gasteiger partial charge in [0.05, 0.1) is 9.82 Å². The van der Waals surface area contributed by atoms with E-state index in [1.165, 1.54) is 12.1 Å². The lowest BCUT2D eigenvalue weighted by molar-refractivity contribution is -0.384. The van der Waals surface area contributed by atoms with E-state index in [1.54, 1.807) is 0 Å². The molecule has 0 aromatic heterocycles. The van der Waals surface area contributed by atoms with Crippen molar-refractivity contribution in [2.45, 2.75) is 11.3 Å². The Morgan fingerprint density at radius 3 is 2.31 bits per heavy atom. The van der Waals surface area contributed by atoms with E-state index in [-0.39, 0.29) is 17.1 Å². The first-order chi connectivity index (χ1) is 7.47. The van der Waals surface area contributed by atoms with E-state index in [4.69, 9.17) is 0 Å². The number of nitro benzene ring substituents is 1. The fourth-order valence-corrected chi connectivity index (χ4v) is 2.11. The maximum atomic E-state index is 11.6. The van der Waals surface area contributed by atoms with E-state index >= 15 is 0 Å². The van der Waals surface area contributed by atoms with Crippen LogP contribution in [0.1, 0.15) is 6.42 Å². The van der Waals surface area contributed by atoms with Crippen molar-refractivity contribution in [1.29, 1.82) is 0 Å². The summed E-state index contributed by atoms with van der Waals surface area (Å²) in [6, 6.07) is 4.70. The SMILES string of the molecule is [CH2]CCNS(=O)(=O)c1ccc([N+](=O)[O-])cc1. The van der Waals surface area contributed by atoms with Gasteiger partial charge in [-0.15, -0.1) is 0 Å². The zero-order valence-corrected chi connectivity index (χ0v) is 9.24. The van der Waals surface area contributed by atoms with Crippen molar-refractivity contribution in [1.82, 2.24) is 4.72 Å². The molecule has 1 N–H and O–H groups in total. The highest BCUT2D eigenvalue weighted by atomic mass is 32.2. The molecule has 7 heteroatoms. The van der Waals surface area contributed by atoms with Crippen LogP contribution in [0, 0.1) is 17.0 Å². The van der Waals surface area contributed by atoms with Gasteiger partial charge in [-0.25, -0.2) is 13.1 Å². The van der Waals surface area contributed by atoms with Crippen molar-refractivity contribution in [3.63, 3.8) is 0 Å². The van der Waals surface area contributed by atoms with Gasteiger partial charge in [-0.05, 0) is 18.6 Å². The van der Waals surface area contributed by atoms with Crippen molar-refractivity contribution < 1.29 is 13.3 Å². The first-order valence-corrected chi connectivity index (χ1v) is 5.99. The van der Waals surface area contributed by atoms with Gasteiger partial charge in [0.1, 0.15) is 0 Å². The molecule has 0 amide bonds. The summed E-state index contributed by atoms with van der Waals surface area (Å²) in [4.78, 5) is 9.79. The van der Waals surface area contributed by atoms with Crippen LogP contribution >= 0.6 is 0 Å². The second kappa shape index (κ2) is 5.04. The molecule has 0 aliphatic carbocycles. The second-order valence-corrected chi connectivity index (χ2v) is 4.77. The molecule has 6 nitrogen and oxygen atoms in total. The van der Waals surface area contributed by atoms with Gasteiger partial charge in [0.2, 0.25) is 10.0 Å². The Morgan fingerprint density at radius 2 is 1.88 bits per heavy atom. The molecule has 1 radical (unpaired) electrons. The van der Waals surface area contributed by atoms with Crippen LogP contribution in [0.25, 0.3) is 0 Å². The second-order valence-electron chi connectivity index (χ2n) is 3.00. The lowest BCUT2D eigenvalue weighted by Crippen LogP contribution is -2.24. The summed E-state index contributed by atoms with van der Waals surface area (Å²) in [5.74, 6) is 0. The van der Waals surface area contributed by atoms with Crippen LogP contribution in [0.4, 0.5) is 5.69 Å². The van der Waals surface area contributed by atoms with E-state index in [2.05, 4.69) is 11.6 Å². The van der Waals surface area contributed by atoms with Gasteiger partial charge in [-0.3, -0.25) is 10.1 Å². The first kappa shape index (κ1) is 12.6. The molecular formula is C9H11N2O4S. The largest absolute Gasteiger partial charge is 0.269 e. The Balaban J connectivity index is 2.93. The van der Waals surface area contributed by atoms with Crippen LogP contribution in [-0.4, -0.2) is 19.9 Å². The summed E-state index contributed by atoms with van der Waals surface area (Å²) in [6.45, 7) is 3.74. The fourth-order valence-electron chi connectivity index (χ4n) is 1.04. The van der Waals surface area contributed by atoms with Crippen LogP contribution < -0.4 is 4.72 Å². The Morgan fingerprint density at radius 1 is 1.31 bits per heavy atom. The molecule has 0 bridgehead atoms. The molecular weight excluding hydrogens is 232 g/mol. The van der Waals surface area contributed by atoms with E-state index < -0.39 is 14.9 Å². The monoisotopic (exact) mass is 243 g/mol. The minimum absolute atomic E-state index is 0.00606. The van der Waals surface area contributed by atoms with E-state index in [0.717, 1.165) is 12.1 Å². The van der Waals surface area contributed by atoms with Crippen LogP contribution in [0.2, 0.25) is 0 Å². The van der Waals surface area contributed by atoms with Crippen LogP contribution in [0.3, 0.4) is 0 Å². The highest BCUT2D eigenvalue weighted by Crippen LogP contribution is 2.15. The molecule has 0 aliphatic heterocycles. The van der Waals surface area contributed by atoms with E-state index in [0.29, 0.717) is 6.42 Å². The average Bonchev–Trinajstić information content (AvgIpc) is 2.26. The number of benzene rings is 1. The summed E-state index contributed by atoms with van der Waals surface area (Å²) >= 11 is 0. The molecule has 0 unspecified atom stereocenters. The first-order valence-electron chi connectivity index (χ1n) is 4.51. The van der Waals surface area contributed by atoms with Gasteiger partial charge in [0.15, 0.2) is 0 Å². The van der Waals surface area contributed by atoms with Crippen molar-refractivity contribution in [3.8, 4) is 0 Å². The third-order valence-electron chi connectivity index (χ3n) is 1.83. The summed E-state index contributed by atoms with van der Waals surface area (Å²) in [5, 5.41) is 10.4.